The smallest absolute Gasteiger partial charge is 0.261 e. The Bertz CT molecular complexity index is 968. The van der Waals surface area contributed by atoms with Crippen LogP contribution in [-0.2, 0) is 23.0 Å². The fourth-order valence-corrected chi connectivity index (χ4v) is 5.20. The van der Waals surface area contributed by atoms with Crippen molar-refractivity contribution >= 4 is 15.7 Å². The van der Waals surface area contributed by atoms with Crippen molar-refractivity contribution in [1.29, 1.82) is 0 Å². The van der Waals surface area contributed by atoms with Gasteiger partial charge in [-0.15, -0.1) is 0 Å². The van der Waals surface area contributed by atoms with Crippen molar-refractivity contribution in [2.24, 2.45) is 0 Å². The largest absolute Gasteiger partial charge is 0.300 e. The predicted molar refractivity (Wildman–Crippen MR) is 118 cm³/mol. The van der Waals surface area contributed by atoms with Crippen LogP contribution in [0.25, 0.3) is 5.57 Å². The summed E-state index contributed by atoms with van der Waals surface area (Å²) >= 11 is 0. The van der Waals surface area contributed by atoms with Crippen molar-refractivity contribution < 1.29 is 13.0 Å². The van der Waals surface area contributed by atoms with E-state index in [1.54, 1.807) is 11.1 Å². The van der Waals surface area contributed by atoms with Crippen LogP contribution in [0.2, 0.25) is 0 Å². The van der Waals surface area contributed by atoms with Gasteiger partial charge in [-0.3, -0.25) is 9.45 Å². The van der Waals surface area contributed by atoms with E-state index in [9.17, 15) is 8.42 Å². The van der Waals surface area contributed by atoms with Crippen LogP contribution in [0.5, 0.6) is 0 Å². The molecule has 2 bridgehead atoms. The van der Waals surface area contributed by atoms with Gasteiger partial charge in [-0.25, -0.2) is 0 Å². The van der Waals surface area contributed by atoms with Gasteiger partial charge in [0.25, 0.3) is 10.1 Å². The first-order valence-corrected chi connectivity index (χ1v) is 12.2. The minimum atomic E-state index is -3.67. The van der Waals surface area contributed by atoms with Crippen LogP contribution in [0.4, 0.5) is 0 Å². The third-order valence-corrected chi connectivity index (χ3v) is 6.54. The second-order valence-corrected chi connectivity index (χ2v) is 9.95. The third kappa shape index (κ3) is 4.47. The molecule has 3 aliphatic rings. The molecule has 0 radical (unpaired) electrons. The summed E-state index contributed by atoms with van der Waals surface area (Å²) in [7, 11) is -1.33. The molecule has 0 aromatic heterocycles. The maximum absolute atomic E-state index is 9.19. The maximum atomic E-state index is 9.19. The van der Waals surface area contributed by atoms with Gasteiger partial charge in [-0.1, -0.05) is 54.1 Å². The summed E-state index contributed by atoms with van der Waals surface area (Å²) in [4.78, 5) is 2.64. The van der Waals surface area contributed by atoms with E-state index in [0.717, 1.165) is 24.9 Å². The van der Waals surface area contributed by atoms with Crippen LogP contribution in [0, 0.1) is 0 Å². The molecule has 2 aliphatic heterocycles. The number of hydrogen-bond donors (Lipinski definition) is 1. The van der Waals surface area contributed by atoms with Gasteiger partial charge in [0.15, 0.2) is 0 Å². The molecule has 1 N–H and O–H groups in total. The highest BCUT2D eigenvalue weighted by molar-refractivity contribution is 7.85. The summed E-state index contributed by atoms with van der Waals surface area (Å²) in [5.74, 6) is 0. The minimum absolute atomic E-state index is 0.715. The molecule has 0 spiro atoms. The zero-order valence-corrected chi connectivity index (χ0v) is 18.0. The van der Waals surface area contributed by atoms with Crippen LogP contribution in [-0.4, -0.2) is 43.3 Å². The summed E-state index contributed by atoms with van der Waals surface area (Å²) in [6, 6.07) is 19.8. The van der Waals surface area contributed by atoms with Crippen molar-refractivity contribution in [3.63, 3.8) is 0 Å². The van der Waals surface area contributed by atoms with Gasteiger partial charge in [0.05, 0.1) is 6.26 Å². The molecule has 2 fully saturated rings. The van der Waals surface area contributed by atoms with Crippen molar-refractivity contribution in [2.75, 3.05) is 13.3 Å². The van der Waals surface area contributed by atoms with Gasteiger partial charge < -0.3 is 0 Å². The quantitative estimate of drug-likeness (QED) is 0.655. The lowest BCUT2D eigenvalue weighted by molar-refractivity contribution is 0.210. The van der Waals surface area contributed by atoms with Gasteiger partial charge in [-0.05, 0) is 73.4 Å². The fourth-order valence-electron chi connectivity index (χ4n) is 5.20. The van der Waals surface area contributed by atoms with Crippen LogP contribution in [0.3, 0.4) is 0 Å². The number of nitrogens with zero attached hydrogens (tertiary/aromatic N) is 1. The Balaban J connectivity index is 0.000000369. The zero-order valence-electron chi connectivity index (χ0n) is 17.1. The topological polar surface area (TPSA) is 57.6 Å². The van der Waals surface area contributed by atoms with E-state index in [4.69, 9.17) is 4.55 Å². The number of piperidine rings is 1. The van der Waals surface area contributed by atoms with Crippen LogP contribution >= 0.6 is 0 Å². The summed E-state index contributed by atoms with van der Waals surface area (Å²) in [6.07, 6.45) is 8.30. The zero-order chi connectivity index (χ0) is 20.6. The van der Waals surface area contributed by atoms with Gasteiger partial charge in [-0.2, -0.15) is 8.42 Å². The van der Waals surface area contributed by atoms with Gasteiger partial charge in [0.1, 0.15) is 0 Å². The Hall–Kier alpha value is -1.95. The van der Waals surface area contributed by atoms with E-state index in [1.807, 2.05) is 0 Å². The number of hydrogen-bond acceptors (Lipinski definition) is 3. The molecule has 2 aromatic rings. The van der Waals surface area contributed by atoms with Gasteiger partial charge in [0.2, 0.25) is 0 Å². The lowest BCUT2D eigenvalue weighted by Crippen LogP contribution is -2.37. The van der Waals surface area contributed by atoms with Gasteiger partial charge in [0, 0.05) is 12.1 Å². The molecule has 2 atom stereocenters. The van der Waals surface area contributed by atoms with Crippen molar-refractivity contribution in [1.82, 2.24) is 4.90 Å². The summed E-state index contributed by atoms with van der Waals surface area (Å²) < 4.78 is 25.9. The van der Waals surface area contributed by atoms with Crippen LogP contribution in [0.15, 0.2) is 54.1 Å². The van der Waals surface area contributed by atoms with E-state index in [-0.39, 0.29) is 0 Å². The highest BCUT2D eigenvalue weighted by atomic mass is 32.2. The third-order valence-electron chi connectivity index (χ3n) is 6.54. The molecule has 2 unspecified atom stereocenters. The Labute approximate surface area is 174 Å². The second kappa shape index (κ2) is 8.05. The lowest BCUT2D eigenvalue weighted by Gasteiger charge is -2.34. The molecule has 5 rings (SSSR count). The Morgan fingerprint density at radius 2 is 1.28 bits per heavy atom. The number of benzene rings is 2. The van der Waals surface area contributed by atoms with Crippen LogP contribution in [0.1, 0.15) is 47.9 Å². The second-order valence-electron chi connectivity index (χ2n) is 8.48. The highest BCUT2D eigenvalue weighted by Gasteiger charge is 2.37. The molecular weight excluding hydrogens is 382 g/mol. The first-order valence-electron chi connectivity index (χ1n) is 10.3. The molecule has 2 saturated heterocycles. The normalized spacial score (nSPS) is 23.6. The van der Waals surface area contributed by atoms with Crippen LogP contribution < -0.4 is 0 Å². The van der Waals surface area contributed by atoms with E-state index >= 15 is 0 Å². The molecule has 2 heterocycles. The standard InChI is InChI=1S/C23H25N.CH4O3S/c1-24-19-12-13-20(24)15-18(14-19)23-21-8-4-2-6-16(21)10-11-17-7-3-5-9-22(17)23;1-5(2,3)4/h2-9,19-20H,10-15H2,1H3;1H3,(H,2,3,4). The molecule has 154 valence electrons. The SMILES string of the molecule is CN1C2CCC1CC(=C1c3ccccc3CCc3ccccc31)C2.CS(=O)(=O)O. The minimum Gasteiger partial charge on any atom is -0.300 e. The summed E-state index contributed by atoms with van der Waals surface area (Å²) in [5.41, 5.74) is 9.35. The van der Waals surface area contributed by atoms with Gasteiger partial charge >= 0.3 is 0 Å². The van der Waals surface area contributed by atoms with Crippen molar-refractivity contribution in [3.8, 4) is 0 Å². The van der Waals surface area contributed by atoms with E-state index < -0.39 is 10.1 Å². The average Bonchev–Trinajstić information content (AvgIpc) is 2.86. The number of rotatable bonds is 0. The van der Waals surface area contributed by atoms with E-state index in [0.29, 0.717) is 6.26 Å². The van der Waals surface area contributed by atoms with E-state index in [1.165, 1.54) is 47.9 Å². The molecular formula is C24H29NO3S. The summed E-state index contributed by atoms with van der Waals surface area (Å²) in [6.45, 7) is 0. The molecule has 2 aromatic carbocycles. The molecule has 1 aliphatic carbocycles. The molecule has 29 heavy (non-hydrogen) atoms. The molecule has 5 heteroatoms. The predicted octanol–water partition coefficient (Wildman–Crippen LogP) is 4.35. The molecule has 4 nitrogen and oxygen atoms in total. The lowest BCUT2D eigenvalue weighted by atomic mass is 9.84. The highest BCUT2D eigenvalue weighted by Crippen LogP contribution is 2.44. The average molecular weight is 412 g/mol. The number of fused-ring (bicyclic) bond motifs is 4. The first-order chi connectivity index (χ1) is 13.8. The van der Waals surface area contributed by atoms with Crippen molar-refractivity contribution in [2.45, 2.75) is 50.6 Å². The Morgan fingerprint density at radius 3 is 1.72 bits per heavy atom. The van der Waals surface area contributed by atoms with E-state index in [2.05, 4.69) is 60.5 Å². The number of aryl methyl sites for hydroxylation is 2. The van der Waals surface area contributed by atoms with Crippen molar-refractivity contribution in [3.05, 3.63) is 76.4 Å². The Morgan fingerprint density at radius 1 is 0.862 bits per heavy atom. The first kappa shape index (κ1) is 20.3. The molecule has 0 saturated carbocycles. The fraction of sp³-hybridized carbons (Fsp3) is 0.417. The molecule has 0 amide bonds. The summed E-state index contributed by atoms with van der Waals surface area (Å²) in [5, 5.41) is 0. The Kier molecular flexibility index (Phi) is 5.65. The monoisotopic (exact) mass is 411 g/mol. The maximum Gasteiger partial charge on any atom is 0.261 e.